The zero-order valence-corrected chi connectivity index (χ0v) is 14.7. The Balaban J connectivity index is 2.07. The summed E-state index contributed by atoms with van der Waals surface area (Å²) in [6, 6.07) is 10.5. The van der Waals surface area contributed by atoms with Gasteiger partial charge in [-0.2, -0.15) is 0 Å². The predicted octanol–water partition coefficient (Wildman–Crippen LogP) is 3.42. The summed E-state index contributed by atoms with van der Waals surface area (Å²) in [7, 11) is 0. The van der Waals surface area contributed by atoms with Crippen molar-refractivity contribution in [3.05, 3.63) is 54.0 Å². The SMILES string of the molecule is CCCCNC(=O)c1cnc(N(Cc2ccccc2)C(C)C)cn1. The third-order valence-corrected chi connectivity index (χ3v) is 3.80. The summed E-state index contributed by atoms with van der Waals surface area (Å²) in [5.41, 5.74) is 1.58. The van der Waals surface area contributed by atoms with Crippen molar-refractivity contribution in [2.75, 3.05) is 11.4 Å². The van der Waals surface area contributed by atoms with Crippen LogP contribution in [0.1, 0.15) is 49.7 Å². The second-order valence-corrected chi connectivity index (χ2v) is 6.08. The number of nitrogens with one attached hydrogen (secondary N) is 1. The molecule has 128 valence electrons. The molecule has 0 fully saturated rings. The zero-order chi connectivity index (χ0) is 17.4. The predicted molar refractivity (Wildman–Crippen MR) is 97.0 cm³/mol. The lowest BCUT2D eigenvalue weighted by molar-refractivity contribution is 0.0948. The Kier molecular flexibility index (Phi) is 6.73. The Labute approximate surface area is 144 Å². The molecular formula is C19H26N4O. The molecular weight excluding hydrogens is 300 g/mol. The van der Waals surface area contributed by atoms with Gasteiger partial charge in [0.1, 0.15) is 11.5 Å². The van der Waals surface area contributed by atoms with Crippen LogP contribution in [0.2, 0.25) is 0 Å². The lowest BCUT2D eigenvalue weighted by atomic mass is 10.2. The molecule has 1 aromatic heterocycles. The van der Waals surface area contributed by atoms with Crippen molar-refractivity contribution in [1.29, 1.82) is 0 Å². The van der Waals surface area contributed by atoms with Gasteiger partial charge in [-0.1, -0.05) is 43.7 Å². The molecule has 0 spiro atoms. The number of aromatic nitrogens is 2. The maximum atomic E-state index is 12.0. The van der Waals surface area contributed by atoms with Gasteiger partial charge in [0.2, 0.25) is 0 Å². The smallest absolute Gasteiger partial charge is 0.271 e. The molecule has 24 heavy (non-hydrogen) atoms. The molecule has 2 aromatic rings. The Bertz CT molecular complexity index is 626. The van der Waals surface area contributed by atoms with Gasteiger partial charge >= 0.3 is 0 Å². The fourth-order valence-electron chi connectivity index (χ4n) is 2.36. The van der Waals surface area contributed by atoms with Crippen molar-refractivity contribution in [1.82, 2.24) is 15.3 Å². The van der Waals surface area contributed by atoms with E-state index in [2.05, 4.69) is 53.1 Å². The van der Waals surface area contributed by atoms with Crippen LogP contribution in [-0.4, -0.2) is 28.5 Å². The molecule has 2 rings (SSSR count). The second kappa shape index (κ2) is 9.01. The van der Waals surface area contributed by atoms with Crippen LogP contribution in [0.4, 0.5) is 5.82 Å². The minimum absolute atomic E-state index is 0.165. The number of carbonyl (C=O) groups is 1. The van der Waals surface area contributed by atoms with Crippen molar-refractivity contribution in [3.8, 4) is 0 Å². The monoisotopic (exact) mass is 326 g/mol. The largest absolute Gasteiger partial charge is 0.351 e. The van der Waals surface area contributed by atoms with Gasteiger partial charge in [0.15, 0.2) is 0 Å². The summed E-state index contributed by atoms with van der Waals surface area (Å²) in [5.74, 6) is 0.612. The first kappa shape index (κ1) is 17.9. The molecule has 1 N–H and O–H groups in total. The molecule has 0 atom stereocenters. The Morgan fingerprint density at radius 1 is 1.17 bits per heavy atom. The molecule has 0 aliphatic heterocycles. The lowest BCUT2D eigenvalue weighted by Gasteiger charge is -2.27. The van der Waals surface area contributed by atoms with Crippen LogP contribution in [0.5, 0.6) is 0 Å². The van der Waals surface area contributed by atoms with Gasteiger partial charge in [-0.25, -0.2) is 9.97 Å². The van der Waals surface area contributed by atoms with Gasteiger partial charge in [-0.15, -0.1) is 0 Å². The van der Waals surface area contributed by atoms with Crippen molar-refractivity contribution in [2.45, 2.75) is 46.2 Å². The van der Waals surface area contributed by atoms with Crippen LogP contribution in [0.25, 0.3) is 0 Å². The molecule has 5 heteroatoms. The van der Waals surface area contributed by atoms with Crippen molar-refractivity contribution < 1.29 is 4.79 Å². The fraction of sp³-hybridized carbons (Fsp3) is 0.421. The fourth-order valence-corrected chi connectivity index (χ4v) is 2.36. The molecule has 1 amide bonds. The topological polar surface area (TPSA) is 58.1 Å². The Morgan fingerprint density at radius 2 is 1.92 bits per heavy atom. The molecule has 1 heterocycles. The van der Waals surface area contributed by atoms with E-state index in [4.69, 9.17) is 0 Å². The summed E-state index contributed by atoms with van der Waals surface area (Å²) >= 11 is 0. The van der Waals surface area contributed by atoms with Gasteiger partial charge in [0.25, 0.3) is 5.91 Å². The Hall–Kier alpha value is -2.43. The molecule has 0 aliphatic rings. The molecule has 5 nitrogen and oxygen atoms in total. The highest BCUT2D eigenvalue weighted by molar-refractivity contribution is 5.91. The number of hydrogen-bond donors (Lipinski definition) is 1. The van der Waals surface area contributed by atoms with E-state index in [-0.39, 0.29) is 11.9 Å². The molecule has 0 bridgehead atoms. The second-order valence-electron chi connectivity index (χ2n) is 6.08. The summed E-state index contributed by atoms with van der Waals surface area (Å²) in [4.78, 5) is 22.9. The first-order valence-corrected chi connectivity index (χ1v) is 8.52. The standard InChI is InChI=1S/C19H26N4O/c1-4-5-11-20-19(24)17-12-22-18(13-21-17)23(15(2)3)14-16-9-7-6-8-10-16/h6-10,12-13,15H,4-5,11,14H2,1-3H3,(H,20,24). The maximum absolute atomic E-state index is 12.0. The first-order valence-electron chi connectivity index (χ1n) is 8.52. The number of unbranched alkanes of at least 4 members (excludes halogenated alkanes) is 1. The van der Waals surface area contributed by atoms with Crippen LogP contribution in [-0.2, 0) is 6.54 Å². The average molecular weight is 326 g/mol. The quantitative estimate of drug-likeness (QED) is 0.755. The molecule has 0 saturated carbocycles. The molecule has 0 unspecified atom stereocenters. The highest BCUT2D eigenvalue weighted by Crippen LogP contribution is 2.16. The minimum atomic E-state index is -0.165. The van der Waals surface area contributed by atoms with Crippen LogP contribution in [0.15, 0.2) is 42.7 Å². The van der Waals surface area contributed by atoms with Gasteiger partial charge in [0.05, 0.1) is 12.4 Å². The van der Waals surface area contributed by atoms with Gasteiger partial charge in [-0.05, 0) is 25.8 Å². The van der Waals surface area contributed by atoms with Crippen molar-refractivity contribution >= 4 is 11.7 Å². The molecule has 0 radical (unpaired) electrons. The number of rotatable bonds is 8. The normalized spacial score (nSPS) is 10.7. The van der Waals surface area contributed by atoms with Crippen molar-refractivity contribution in [3.63, 3.8) is 0 Å². The summed E-state index contributed by atoms with van der Waals surface area (Å²) in [5, 5.41) is 2.86. The number of anilines is 1. The van der Waals surface area contributed by atoms with Crippen LogP contribution in [0, 0.1) is 0 Å². The molecule has 0 saturated heterocycles. The van der Waals surface area contributed by atoms with E-state index >= 15 is 0 Å². The molecule has 0 aliphatic carbocycles. The third kappa shape index (κ3) is 5.05. The van der Waals surface area contributed by atoms with E-state index in [1.54, 1.807) is 12.4 Å². The average Bonchev–Trinajstić information content (AvgIpc) is 2.60. The van der Waals surface area contributed by atoms with Crippen molar-refractivity contribution in [2.24, 2.45) is 0 Å². The summed E-state index contributed by atoms with van der Waals surface area (Å²) in [6.07, 6.45) is 5.25. The summed E-state index contributed by atoms with van der Waals surface area (Å²) < 4.78 is 0. The van der Waals surface area contributed by atoms with E-state index in [0.717, 1.165) is 25.2 Å². The number of carbonyl (C=O) groups excluding carboxylic acids is 1. The van der Waals surface area contributed by atoms with Gasteiger partial charge in [0, 0.05) is 19.1 Å². The van der Waals surface area contributed by atoms with Gasteiger partial charge < -0.3 is 10.2 Å². The number of benzene rings is 1. The lowest BCUT2D eigenvalue weighted by Crippen LogP contribution is -2.31. The van der Waals surface area contributed by atoms with Gasteiger partial charge in [-0.3, -0.25) is 4.79 Å². The highest BCUT2D eigenvalue weighted by atomic mass is 16.1. The number of hydrogen-bond acceptors (Lipinski definition) is 4. The first-order chi connectivity index (χ1) is 11.6. The zero-order valence-electron chi connectivity index (χ0n) is 14.7. The highest BCUT2D eigenvalue weighted by Gasteiger charge is 2.14. The third-order valence-electron chi connectivity index (χ3n) is 3.80. The van der Waals surface area contributed by atoms with E-state index in [1.807, 2.05) is 18.2 Å². The maximum Gasteiger partial charge on any atom is 0.271 e. The minimum Gasteiger partial charge on any atom is -0.351 e. The van der Waals surface area contributed by atoms with Crippen LogP contribution in [0.3, 0.4) is 0 Å². The van der Waals surface area contributed by atoms with Crippen LogP contribution < -0.4 is 10.2 Å². The summed E-state index contributed by atoms with van der Waals surface area (Å²) in [6.45, 7) is 7.76. The number of nitrogens with zero attached hydrogens (tertiary/aromatic N) is 3. The Morgan fingerprint density at radius 3 is 2.50 bits per heavy atom. The number of amides is 1. The van der Waals surface area contributed by atoms with Crippen LogP contribution >= 0.6 is 0 Å². The van der Waals surface area contributed by atoms with E-state index < -0.39 is 0 Å². The van der Waals surface area contributed by atoms with E-state index in [9.17, 15) is 4.79 Å². The molecule has 1 aromatic carbocycles. The van der Waals surface area contributed by atoms with E-state index in [0.29, 0.717) is 12.2 Å². The van der Waals surface area contributed by atoms with E-state index in [1.165, 1.54) is 5.56 Å².